The van der Waals surface area contributed by atoms with E-state index in [0.29, 0.717) is 0 Å². The molecule has 0 nitrogen and oxygen atoms in total. The highest BCUT2D eigenvalue weighted by atomic mass is 32.2. The first-order valence-electron chi connectivity index (χ1n) is 11.1. The fourth-order valence-corrected chi connectivity index (χ4v) is 8.87. The summed E-state index contributed by atoms with van der Waals surface area (Å²) in [5.41, 5.74) is 0. The Labute approximate surface area is 215 Å². The zero-order valence-corrected chi connectivity index (χ0v) is 26.7. The number of rotatable bonds is 5. The Kier molecular flexibility index (Phi) is 9.97. The molecule has 0 atom stereocenters. The van der Waals surface area contributed by atoms with Gasteiger partial charge in [-0.2, -0.15) is 0 Å². The molecule has 0 spiro atoms. The summed E-state index contributed by atoms with van der Waals surface area (Å²) in [5.74, 6) is 0. The molecule has 0 amide bonds. The van der Waals surface area contributed by atoms with Crippen LogP contribution in [0, 0.1) is 0 Å². The molecule has 5 heteroatoms. The molecule has 1 aromatic rings. The van der Waals surface area contributed by atoms with Gasteiger partial charge in [0.05, 0.1) is 0 Å². The Morgan fingerprint density at radius 1 is 0.355 bits per heavy atom. The molecule has 0 bridgehead atoms. The molecule has 0 aliphatic carbocycles. The van der Waals surface area contributed by atoms with Crippen molar-refractivity contribution < 1.29 is 0 Å². The maximum Gasteiger partial charge on any atom is 0.0372 e. The Morgan fingerprint density at radius 3 is 0.806 bits per heavy atom. The normalized spacial score (nSPS) is 14.3. The van der Waals surface area contributed by atoms with Gasteiger partial charge < -0.3 is 0 Å². The lowest BCUT2D eigenvalue weighted by atomic mass is 10.2. The van der Waals surface area contributed by atoms with Crippen molar-refractivity contribution in [1.82, 2.24) is 0 Å². The van der Waals surface area contributed by atoms with Gasteiger partial charge in [0.25, 0.3) is 0 Å². The van der Waals surface area contributed by atoms with Crippen LogP contribution in [0.2, 0.25) is 0 Å². The van der Waals surface area contributed by atoms with E-state index in [1.165, 1.54) is 24.5 Å². The standard InChI is InChI=1S/C26H46S5/c1-22(2,3)27-17-16-18(28-23(4,5)6)20(30-25(10,11)12)21(31-26(13,14)15)19(17)29-24(7,8)9/h16H,1-15H3. The predicted molar refractivity (Wildman–Crippen MR) is 154 cm³/mol. The maximum atomic E-state index is 2.50. The molecule has 0 N–H and O–H groups in total. The highest BCUT2D eigenvalue weighted by Crippen LogP contribution is 2.56. The third-order valence-electron chi connectivity index (χ3n) is 3.18. The molecule has 0 aliphatic heterocycles. The summed E-state index contributed by atoms with van der Waals surface area (Å²) in [6.07, 6.45) is 0. The summed E-state index contributed by atoms with van der Waals surface area (Å²) in [6.45, 7) is 35.0. The summed E-state index contributed by atoms with van der Waals surface area (Å²) >= 11 is 10.2. The zero-order valence-electron chi connectivity index (χ0n) is 22.6. The van der Waals surface area contributed by atoms with Crippen molar-refractivity contribution in [2.24, 2.45) is 0 Å². The van der Waals surface area contributed by atoms with Gasteiger partial charge in [-0.15, -0.1) is 58.8 Å². The predicted octanol–water partition coefficient (Wildman–Crippen LogP) is 11.1. The minimum absolute atomic E-state index is 0.148. The third kappa shape index (κ3) is 12.3. The number of hydrogen-bond donors (Lipinski definition) is 0. The summed E-state index contributed by atoms with van der Waals surface area (Å²) in [4.78, 5) is 7.29. The average Bonchev–Trinajstić information content (AvgIpc) is 2.39. The van der Waals surface area contributed by atoms with Gasteiger partial charge in [-0.05, 0) is 6.07 Å². The van der Waals surface area contributed by atoms with Crippen LogP contribution in [0.4, 0.5) is 0 Å². The van der Waals surface area contributed by atoms with Crippen LogP contribution < -0.4 is 0 Å². The molecule has 0 radical (unpaired) electrons. The molecule has 0 unspecified atom stereocenters. The van der Waals surface area contributed by atoms with E-state index in [1.54, 1.807) is 0 Å². The van der Waals surface area contributed by atoms with Gasteiger partial charge in [0, 0.05) is 48.2 Å². The molecule has 31 heavy (non-hydrogen) atoms. The van der Waals surface area contributed by atoms with Crippen LogP contribution in [0.3, 0.4) is 0 Å². The molecular formula is C26H46S5. The first-order valence-corrected chi connectivity index (χ1v) is 15.2. The van der Waals surface area contributed by atoms with Gasteiger partial charge in [0.1, 0.15) is 0 Å². The van der Waals surface area contributed by atoms with Gasteiger partial charge in [0.15, 0.2) is 0 Å². The smallest absolute Gasteiger partial charge is 0.0372 e. The van der Waals surface area contributed by atoms with Crippen molar-refractivity contribution in [2.45, 2.75) is 152 Å². The van der Waals surface area contributed by atoms with E-state index in [2.05, 4.69) is 110 Å². The fraction of sp³-hybridized carbons (Fsp3) is 0.769. The molecule has 1 aromatic carbocycles. The van der Waals surface area contributed by atoms with Crippen molar-refractivity contribution in [1.29, 1.82) is 0 Å². The van der Waals surface area contributed by atoms with Crippen molar-refractivity contribution in [3.63, 3.8) is 0 Å². The Morgan fingerprint density at radius 2 is 0.581 bits per heavy atom. The Balaban J connectivity index is 4.01. The largest absolute Gasteiger partial charge is 0.119 e. The van der Waals surface area contributed by atoms with Crippen LogP contribution in [0.5, 0.6) is 0 Å². The van der Waals surface area contributed by atoms with E-state index >= 15 is 0 Å². The lowest BCUT2D eigenvalue weighted by Gasteiger charge is -2.33. The second-order valence-electron chi connectivity index (χ2n) is 12.9. The van der Waals surface area contributed by atoms with Crippen LogP contribution in [0.1, 0.15) is 104 Å². The zero-order chi connectivity index (χ0) is 24.6. The van der Waals surface area contributed by atoms with E-state index in [0.717, 1.165) is 0 Å². The van der Waals surface area contributed by atoms with E-state index in [-0.39, 0.29) is 23.7 Å². The first kappa shape index (κ1) is 30.0. The van der Waals surface area contributed by atoms with Gasteiger partial charge in [-0.25, -0.2) is 0 Å². The van der Waals surface area contributed by atoms with Crippen molar-refractivity contribution >= 4 is 58.8 Å². The SMILES string of the molecule is CC(C)(C)Sc1cc(SC(C)(C)C)c(SC(C)(C)C)c(SC(C)(C)C)c1SC(C)(C)C. The van der Waals surface area contributed by atoms with Crippen molar-refractivity contribution in [3.8, 4) is 0 Å². The first-order chi connectivity index (χ1) is 13.5. The lowest BCUT2D eigenvalue weighted by Crippen LogP contribution is -2.15. The van der Waals surface area contributed by atoms with Gasteiger partial charge in [-0.1, -0.05) is 104 Å². The maximum absolute atomic E-state index is 2.50. The van der Waals surface area contributed by atoms with Crippen LogP contribution in [-0.4, -0.2) is 23.7 Å². The van der Waals surface area contributed by atoms with E-state index in [4.69, 9.17) is 0 Å². The van der Waals surface area contributed by atoms with Gasteiger partial charge >= 0.3 is 0 Å². The number of thioether (sulfide) groups is 5. The van der Waals surface area contributed by atoms with Crippen molar-refractivity contribution in [2.75, 3.05) is 0 Å². The number of hydrogen-bond acceptors (Lipinski definition) is 5. The lowest BCUT2D eigenvalue weighted by molar-refractivity contribution is 0.766. The molecule has 1 rings (SSSR count). The molecule has 180 valence electrons. The van der Waals surface area contributed by atoms with Crippen molar-refractivity contribution in [3.05, 3.63) is 6.07 Å². The molecule has 0 aliphatic rings. The summed E-state index contributed by atoms with van der Waals surface area (Å²) in [5, 5.41) is 0. The number of benzene rings is 1. The van der Waals surface area contributed by atoms with E-state index in [9.17, 15) is 0 Å². The second-order valence-corrected chi connectivity index (χ2v) is 22.2. The van der Waals surface area contributed by atoms with Crippen LogP contribution in [-0.2, 0) is 0 Å². The minimum Gasteiger partial charge on any atom is -0.119 e. The van der Waals surface area contributed by atoms with E-state index < -0.39 is 0 Å². The average molecular weight is 519 g/mol. The highest BCUT2D eigenvalue weighted by molar-refractivity contribution is 8.06. The summed E-state index contributed by atoms with van der Waals surface area (Å²) in [6, 6.07) is 2.50. The van der Waals surface area contributed by atoms with Gasteiger partial charge in [0.2, 0.25) is 0 Å². The Hall–Kier alpha value is 0.970. The minimum atomic E-state index is 0.148. The molecule has 0 heterocycles. The van der Waals surface area contributed by atoms with Crippen LogP contribution in [0.15, 0.2) is 30.5 Å². The van der Waals surface area contributed by atoms with Crippen LogP contribution in [0.25, 0.3) is 0 Å². The molecule has 0 aromatic heterocycles. The van der Waals surface area contributed by atoms with E-state index in [1.807, 2.05) is 58.8 Å². The summed E-state index contributed by atoms with van der Waals surface area (Å²) in [7, 11) is 0. The topological polar surface area (TPSA) is 0 Å². The molecule has 0 saturated heterocycles. The molecule has 0 saturated carbocycles. The summed E-state index contributed by atoms with van der Waals surface area (Å²) < 4.78 is 0.791. The molecular weight excluding hydrogens is 473 g/mol. The Bertz CT molecular complexity index is 691. The third-order valence-corrected chi connectivity index (χ3v) is 9.71. The molecule has 0 fully saturated rings. The fourth-order valence-electron chi connectivity index (χ4n) is 2.59. The van der Waals surface area contributed by atoms with Gasteiger partial charge in [-0.3, -0.25) is 0 Å². The second kappa shape index (κ2) is 10.3. The quantitative estimate of drug-likeness (QED) is 0.354. The highest BCUT2D eigenvalue weighted by Gasteiger charge is 2.31. The van der Waals surface area contributed by atoms with Crippen LogP contribution >= 0.6 is 58.8 Å². The monoisotopic (exact) mass is 518 g/mol.